The van der Waals surface area contributed by atoms with Crippen LogP contribution in [0.1, 0.15) is 37.8 Å². The minimum atomic E-state index is -0.239. The van der Waals surface area contributed by atoms with Crippen molar-refractivity contribution in [2.75, 3.05) is 18.4 Å². The van der Waals surface area contributed by atoms with Crippen molar-refractivity contribution in [1.82, 2.24) is 15.6 Å². The summed E-state index contributed by atoms with van der Waals surface area (Å²) >= 11 is 0. The van der Waals surface area contributed by atoms with Gasteiger partial charge in [0.1, 0.15) is 5.82 Å². The minimum Gasteiger partial charge on any atom is -0.361 e. The van der Waals surface area contributed by atoms with Gasteiger partial charge in [0.25, 0.3) is 0 Å². The van der Waals surface area contributed by atoms with Gasteiger partial charge in [0.15, 0.2) is 5.96 Å². The molecule has 0 atom stereocenters. The zero-order valence-electron chi connectivity index (χ0n) is 18.1. The molecule has 1 heterocycles. The van der Waals surface area contributed by atoms with E-state index in [1.807, 2.05) is 50.4 Å². The van der Waals surface area contributed by atoms with Gasteiger partial charge in [0.2, 0.25) is 5.91 Å². The number of aromatic amines is 1. The number of nitrogens with zero attached hydrogens (tertiary/aromatic N) is 1. The zero-order chi connectivity index (χ0) is 22.1. The number of carbonyl (C=O) groups is 1. The molecule has 3 rings (SSSR count). The fourth-order valence-electron chi connectivity index (χ4n) is 3.34. The van der Waals surface area contributed by atoms with Crippen molar-refractivity contribution in [3.8, 4) is 0 Å². The number of fused-ring (bicyclic) bond motifs is 1. The van der Waals surface area contributed by atoms with Crippen molar-refractivity contribution < 1.29 is 9.18 Å². The van der Waals surface area contributed by atoms with E-state index in [1.165, 1.54) is 12.1 Å². The number of nitrogens with one attached hydrogen (secondary N) is 4. The molecule has 1 aromatic heterocycles. The maximum Gasteiger partial charge on any atom is 0.224 e. The second-order valence-corrected chi connectivity index (χ2v) is 7.37. The lowest BCUT2D eigenvalue weighted by molar-refractivity contribution is -0.116. The van der Waals surface area contributed by atoms with Crippen LogP contribution in [0.15, 0.2) is 53.7 Å². The van der Waals surface area contributed by atoms with Crippen LogP contribution in [0.5, 0.6) is 0 Å². The van der Waals surface area contributed by atoms with E-state index in [1.54, 1.807) is 0 Å². The highest BCUT2D eigenvalue weighted by molar-refractivity contribution is 5.90. The Kier molecular flexibility index (Phi) is 8.04. The van der Waals surface area contributed by atoms with Crippen molar-refractivity contribution in [2.24, 2.45) is 4.99 Å². The van der Waals surface area contributed by atoms with Crippen LogP contribution in [0.3, 0.4) is 0 Å². The third-order valence-corrected chi connectivity index (χ3v) is 4.89. The van der Waals surface area contributed by atoms with Gasteiger partial charge in [-0.25, -0.2) is 9.38 Å². The number of carbonyl (C=O) groups excluding carboxylic acids is 1. The number of H-pyrrole nitrogens is 1. The minimum absolute atomic E-state index is 0.0345. The van der Waals surface area contributed by atoms with Crippen molar-refractivity contribution in [3.05, 3.63) is 65.6 Å². The molecular formula is C24H30FN5O. The third kappa shape index (κ3) is 6.57. The topological polar surface area (TPSA) is 81.3 Å². The molecule has 0 saturated heterocycles. The lowest BCUT2D eigenvalue weighted by atomic mass is 10.1. The summed E-state index contributed by atoms with van der Waals surface area (Å²) in [7, 11) is 0. The van der Waals surface area contributed by atoms with E-state index in [9.17, 15) is 9.18 Å². The number of anilines is 1. The van der Waals surface area contributed by atoms with E-state index < -0.39 is 0 Å². The average molecular weight is 424 g/mol. The highest BCUT2D eigenvalue weighted by Crippen LogP contribution is 2.19. The lowest BCUT2D eigenvalue weighted by Gasteiger charge is -2.11. The van der Waals surface area contributed by atoms with Crippen LogP contribution in [-0.2, 0) is 17.8 Å². The zero-order valence-corrected chi connectivity index (χ0v) is 18.1. The molecule has 0 aliphatic heterocycles. The van der Waals surface area contributed by atoms with E-state index in [0.717, 1.165) is 53.1 Å². The summed E-state index contributed by atoms with van der Waals surface area (Å²) in [6.07, 6.45) is 4.08. The van der Waals surface area contributed by atoms with Crippen LogP contribution < -0.4 is 16.0 Å². The molecule has 7 heteroatoms. The van der Waals surface area contributed by atoms with Gasteiger partial charge >= 0.3 is 0 Å². The molecule has 3 aromatic rings. The van der Waals surface area contributed by atoms with E-state index in [-0.39, 0.29) is 11.7 Å². The van der Waals surface area contributed by atoms with Gasteiger partial charge in [-0.3, -0.25) is 4.79 Å². The number of aromatic nitrogens is 1. The van der Waals surface area contributed by atoms with Crippen LogP contribution >= 0.6 is 0 Å². The first-order valence-electron chi connectivity index (χ1n) is 10.8. The fraction of sp³-hybridized carbons (Fsp3) is 0.333. The maximum absolute atomic E-state index is 13.3. The second kappa shape index (κ2) is 11.2. The molecule has 6 nitrogen and oxygen atoms in total. The molecule has 4 N–H and O–H groups in total. The Bertz CT molecular complexity index is 1030. The third-order valence-electron chi connectivity index (χ3n) is 4.89. The number of rotatable bonds is 9. The molecule has 164 valence electrons. The molecule has 0 aliphatic carbocycles. The molecule has 2 aromatic carbocycles. The Morgan fingerprint density at radius 2 is 1.90 bits per heavy atom. The molecule has 0 fully saturated rings. The van der Waals surface area contributed by atoms with E-state index >= 15 is 0 Å². The molecule has 0 bridgehead atoms. The molecule has 0 aliphatic rings. The molecule has 0 saturated carbocycles. The number of amides is 1. The smallest absolute Gasteiger partial charge is 0.224 e. The largest absolute Gasteiger partial charge is 0.361 e. The van der Waals surface area contributed by atoms with Crippen molar-refractivity contribution in [3.63, 3.8) is 0 Å². The van der Waals surface area contributed by atoms with Gasteiger partial charge in [-0.15, -0.1) is 0 Å². The van der Waals surface area contributed by atoms with Crippen molar-refractivity contribution in [2.45, 2.75) is 39.7 Å². The summed E-state index contributed by atoms with van der Waals surface area (Å²) in [5.41, 5.74) is 3.81. The maximum atomic E-state index is 13.3. The summed E-state index contributed by atoms with van der Waals surface area (Å²) in [4.78, 5) is 19.5. The molecule has 0 spiro atoms. The van der Waals surface area contributed by atoms with E-state index in [0.29, 0.717) is 19.5 Å². The SMILES string of the molecule is CCCC(=O)Nc1ccc(CN=C(NCC)NCCc2c[nH]c3cc(F)ccc23)cc1. The van der Waals surface area contributed by atoms with E-state index in [4.69, 9.17) is 0 Å². The first-order valence-corrected chi connectivity index (χ1v) is 10.8. The summed E-state index contributed by atoms with van der Waals surface area (Å²) in [5, 5.41) is 10.5. The Morgan fingerprint density at radius 1 is 1.10 bits per heavy atom. The Hall–Kier alpha value is -3.35. The first-order chi connectivity index (χ1) is 15.1. The quantitative estimate of drug-likeness (QED) is 0.305. The van der Waals surface area contributed by atoms with Crippen LogP contribution in [0.2, 0.25) is 0 Å². The summed E-state index contributed by atoms with van der Waals surface area (Å²) in [5.74, 6) is 0.540. The number of hydrogen-bond donors (Lipinski definition) is 4. The second-order valence-electron chi connectivity index (χ2n) is 7.37. The number of guanidine groups is 1. The van der Waals surface area contributed by atoms with Crippen LogP contribution in [0.4, 0.5) is 10.1 Å². The van der Waals surface area contributed by atoms with Gasteiger partial charge in [0, 0.05) is 42.3 Å². The highest BCUT2D eigenvalue weighted by atomic mass is 19.1. The summed E-state index contributed by atoms with van der Waals surface area (Å²) in [6.45, 7) is 6.02. The predicted molar refractivity (Wildman–Crippen MR) is 125 cm³/mol. The number of halogens is 1. The lowest BCUT2D eigenvalue weighted by Crippen LogP contribution is -2.38. The Morgan fingerprint density at radius 3 is 2.65 bits per heavy atom. The molecule has 1 amide bonds. The fourth-order valence-corrected chi connectivity index (χ4v) is 3.34. The molecule has 0 unspecified atom stereocenters. The van der Waals surface area contributed by atoms with Crippen LogP contribution in [0, 0.1) is 5.82 Å². The van der Waals surface area contributed by atoms with Crippen LogP contribution in [-0.4, -0.2) is 29.9 Å². The standard InChI is InChI=1S/C24H30FN5O/c1-3-5-23(31)30-20-9-6-17(7-10-20)15-29-24(26-4-2)27-13-12-18-16-28-22-14-19(25)8-11-21(18)22/h6-11,14,16,28H,3-5,12-13,15H2,1-2H3,(H,30,31)(H2,26,27,29). The highest BCUT2D eigenvalue weighted by Gasteiger charge is 2.06. The number of aliphatic imine (C=N–C) groups is 1. The average Bonchev–Trinajstić information content (AvgIpc) is 3.15. The monoisotopic (exact) mass is 423 g/mol. The van der Waals surface area contributed by atoms with Gasteiger partial charge in [-0.1, -0.05) is 19.1 Å². The van der Waals surface area contributed by atoms with E-state index in [2.05, 4.69) is 25.9 Å². The first kappa shape index (κ1) is 22.3. The predicted octanol–water partition coefficient (Wildman–Crippen LogP) is 4.34. The summed E-state index contributed by atoms with van der Waals surface area (Å²) in [6, 6.07) is 12.6. The molecular weight excluding hydrogens is 393 g/mol. The van der Waals surface area contributed by atoms with Crippen LogP contribution in [0.25, 0.3) is 10.9 Å². The molecule has 31 heavy (non-hydrogen) atoms. The number of hydrogen-bond acceptors (Lipinski definition) is 2. The van der Waals surface area contributed by atoms with Gasteiger partial charge in [-0.2, -0.15) is 0 Å². The van der Waals surface area contributed by atoms with Crippen molar-refractivity contribution in [1.29, 1.82) is 0 Å². The number of benzene rings is 2. The Balaban J connectivity index is 1.54. The van der Waals surface area contributed by atoms with Gasteiger partial charge in [0.05, 0.1) is 6.54 Å². The van der Waals surface area contributed by atoms with Gasteiger partial charge < -0.3 is 20.9 Å². The molecule has 0 radical (unpaired) electrons. The normalized spacial score (nSPS) is 11.5. The van der Waals surface area contributed by atoms with Gasteiger partial charge in [-0.05, 0) is 61.2 Å². The summed E-state index contributed by atoms with van der Waals surface area (Å²) < 4.78 is 13.3. The Labute approximate surface area is 182 Å². The van der Waals surface area contributed by atoms with Crippen molar-refractivity contribution >= 4 is 28.5 Å².